The van der Waals surface area contributed by atoms with E-state index in [2.05, 4.69) is 43.5 Å². The van der Waals surface area contributed by atoms with Gasteiger partial charge in [-0.15, -0.1) is 0 Å². The lowest BCUT2D eigenvalue weighted by molar-refractivity contribution is 0.0994. The Labute approximate surface area is 235 Å². The molecule has 0 spiro atoms. The molecule has 1 aliphatic rings. The SMILES string of the molecule is CCC[C@@H](O)COc1ccc(Cl)c(-c2nc(C(=NC)C(I)=CN)c(C)c(N3Cc4cccnc4C3)n2)c1. The smallest absolute Gasteiger partial charge is 0.163 e. The molecule has 1 aliphatic heterocycles. The number of allylic oxidation sites excluding steroid dienone is 1. The van der Waals surface area contributed by atoms with Gasteiger partial charge in [0.15, 0.2) is 5.82 Å². The molecule has 0 bridgehead atoms. The van der Waals surface area contributed by atoms with Crippen LogP contribution in [-0.2, 0) is 13.1 Å². The zero-order valence-electron chi connectivity index (χ0n) is 21.1. The highest BCUT2D eigenvalue weighted by molar-refractivity contribution is 14.1. The van der Waals surface area contributed by atoms with Crippen molar-refractivity contribution in [1.29, 1.82) is 0 Å². The third kappa shape index (κ3) is 6.05. The van der Waals surface area contributed by atoms with Crippen LogP contribution in [-0.4, -0.2) is 45.5 Å². The van der Waals surface area contributed by atoms with Crippen LogP contribution in [0.2, 0.25) is 5.02 Å². The first-order valence-electron chi connectivity index (χ1n) is 12.1. The van der Waals surface area contributed by atoms with Gasteiger partial charge in [0.05, 0.1) is 38.4 Å². The van der Waals surface area contributed by atoms with Crippen LogP contribution in [0.4, 0.5) is 5.82 Å². The van der Waals surface area contributed by atoms with Crippen molar-refractivity contribution < 1.29 is 9.84 Å². The lowest BCUT2D eigenvalue weighted by atomic mass is 10.1. The second-order valence-electron chi connectivity index (χ2n) is 8.79. The van der Waals surface area contributed by atoms with Crippen LogP contribution >= 0.6 is 34.2 Å². The normalized spacial score (nSPS) is 14.6. The van der Waals surface area contributed by atoms with Gasteiger partial charge in [0.25, 0.3) is 0 Å². The van der Waals surface area contributed by atoms with Crippen molar-refractivity contribution in [3.05, 3.63) is 73.8 Å². The molecule has 1 atom stereocenters. The number of hydrogen-bond donors (Lipinski definition) is 2. The molecule has 8 nitrogen and oxygen atoms in total. The molecule has 4 rings (SSSR count). The van der Waals surface area contributed by atoms with Crippen molar-refractivity contribution in [2.24, 2.45) is 10.7 Å². The maximum absolute atomic E-state index is 10.1. The molecule has 0 unspecified atom stereocenters. The number of halogens is 2. The number of fused-ring (bicyclic) bond motifs is 1. The monoisotopic (exact) mass is 632 g/mol. The molecule has 194 valence electrons. The molecule has 3 aromatic rings. The fourth-order valence-corrected chi connectivity index (χ4v) is 4.99. The summed E-state index contributed by atoms with van der Waals surface area (Å²) >= 11 is 8.81. The summed E-state index contributed by atoms with van der Waals surface area (Å²) in [4.78, 5) is 21.1. The number of nitrogens with two attached hydrogens (primary N) is 1. The molecule has 0 aliphatic carbocycles. The van der Waals surface area contributed by atoms with E-state index in [0.29, 0.717) is 53.1 Å². The highest BCUT2D eigenvalue weighted by Crippen LogP contribution is 2.35. The largest absolute Gasteiger partial charge is 0.491 e. The molecule has 37 heavy (non-hydrogen) atoms. The minimum Gasteiger partial charge on any atom is -0.491 e. The minimum absolute atomic E-state index is 0.200. The van der Waals surface area contributed by atoms with Gasteiger partial charge in [-0.25, -0.2) is 9.97 Å². The van der Waals surface area contributed by atoms with E-state index in [1.54, 1.807) is 19.2 Å². The van der Waals surface area contributed by atoms with Gasteiger partial charge in [-0.3, -0.25) is 9.98 Å². The van der Waals surface area contributed by atoms with Gasteiger partial charge in [-0.05, 0) is 65.8 Å². The number of rotatable bonds is 9. The van der Waals surface area contributed by atoms with Gasteiger partial charge in [-0.2, -0.15) is 0 Å². The highest BCUT2D eigenvalue weighted by Gasteiger charge is 2.27. The van der Waals surface area contributed by atoms with Crippen molar-refractivity contribution in [3.63, 3.8) is 0 Å². The Morgan fingerprint density at radius 2 is 2.14 bits per heavy atom. The lowest BCUT2D eigenvalue weighted by Crippen LogP contribution is -2.21. The highest BCUT2D eigenvalue weighted by atomic mass is 127. The topological polar surface area (TPSA) is 110 Å². The summed E-state index contributed by atoms with van der Waals surface area (Å²) in [5, 5.41) is 10.6. The van der Waals surface area contributed by atoms with Gasteiger partial charge in [0.2, 0.25) is 0 Å². The average Bonchev–Trinajstić information content (AvgIpc) is 3.33. The Balaban J connectivity index is 1.81. The first-order chi connectivity index (χ1) is 17.9. The van der Waals surface area contributed by atoms with Crippen molar-refractivity contribution in [2.75, 3.05) is 18.6 Å². The van der Waals surface area contributed by atoms with Crippen molar-refractivity contribution in [1.82, 2.24) is 15.0 Å². The Morgan fingerprint density at radius 3 is 2.84 bits per heavy atom. The number of anilines is 1. The van der Waals surface area contributed by atoms with Gasteiger partial charge < -0.3 is 20.5 Å². The molecule has 0 amide bonds. The number of aliphatic hydroxyl groups excluding tert-OH is 1. The van der Waals surface area contributed by atoms with E-state index < -0.39 is 6.10 Å². The van der Waals surface area contributed by atoms with Crippen LogP contribution in [0.25, 0.3) is 11.4 Å². The van der Waals surface area contributed by atoms with Crippen molar-refractivity contribution >= 4 is 45.7 Å². The van der Waals surface area contributed by atoms with Gasteiger partial charge in [-0.1, -0.05) is 31.0 Å². The molecule has 0 saturated heterocycles. The van der Waals surface area contributed by atoms with E-state index in [1.807, 2.05) is 32.2 Å². The zero-order chi connectivity index (χ0) is 26.5. The van der Waals surface area contributed by atoms with Crippen molar-refractivity contribution in [3.8, 4) is 17.1 Å². The molecule has 3 heterocycles. The molecule has 3 N–H and O–H groups in total. The van der Waals surface area contributed by atoms with E-state index in [4.69, 9.17) is 32.0 Å². The van der Waals surface area contributed by atoms with E-state index in [0.717, 1.165) is 27.1 Å². The van der Waals surface area contributed by atoms with E-state index in [1.165, 1.54) is 11.8 Å². The fourth-order valence-electron chi connectivity index (χ4n) is 4.29. The Morgan fingerprint density at radius 1 is 1.32 bits per heavy atom. The number of benzene rings is 1. The van der Waals surface area contributed by atoms with Gasteiger partial charge in [0, 0.05) is 37.1 Å². The first kappa shape index (κ1) is 27.3. The molecule has 0 fully saturated rings. The third-order valence-corrected chi connectivity index (χ3v) is 7.37. The molecule has 0 saturated carbocycles. The number of aromatic nitrogens is 3. The van der Waals surface area contributed by atoms with E-state index in [-0.39, 0.29) is 6.61 Å². The minimum atomic E-state index is -0.531. The molecule has 10 heteroatoms. The fraction of sp³-hybridized carbons (Fsp3) is 0.333. The van der Waals surface area contributed by atoms with E-state index in [9.17, 15) is 5.11 Å². The molecule has 1 aromatic carbocycles. The predicted octanol–water partition coefficient (Wildman–Crippen LogP) is 5.21. The van der Waals surface area contributed by atoms with Crippen LogP contribution in [0.15, 0.2) is 51.3 Å². The standard InChI is InChI=1S/C27H30ClIN6O2/c1-4-6-18(36)15-37-19-8-9-21(28)20(11-19)26-33-24(25(31-3)22(29)12-30)16(2)27(34-26)35-13-17-7-5-10-32-23(17)14-35/h5,7-12,18,36H,4,6,13-15,30H2,1-3H3/t18-/m1/s1. The van der Waals surface area contributed by atoms with Crippen LogP contribution < -0.4 is 15.4 Å². The molecular formula is C27H30ClIN6O2. The third-order valence-electron chi connectivity index (χ3n) is 6.17. The summed E-state index contributed by atoms with van der Waals surface area (Å²) in [6.07, 6.45) is 4.35. The summed E-state index contributed by atoms with van der Waals surface area (Å²) < 4.78 is 6.63. The molecular weight excluding hydrogens is 603 g/mol. The molecule has 2 aromatic heterocycles. The Hall–Kier alpha value is -2.76. The van der Waals surface area contributed by atoms with Crippen LogP contribution in [0.1, 0.15) is 42.3 Å². The lowest BCUT2D eigenvalue weighted by Gasteiger charge is -2.22. The Bertz CT molecular complexity index is 1320. The number of nitrogens with zero attached hydrogens (tertiary/aromatic N) is 5. The second kappa shape index (κ2) is 12.2. The van der Waals surface area contributed by atoms with Gasteiger partial charge in [0.1, 0.15) is 18.2 Å². The number of hydrogen-bond acceptors (Lipinski definition) is 8. The van der Waals surface area contributed by atoms with E-state index >= 15 is 0 Å². The maximum atomic E-state index is 10.1. The Kier molecular flexibility index (Phi) is 8.99. The maximum Gasteiger partial charge on any atom is 0.163 e. The predicted molar refractivity (Wildman–Crippen MR) is 157 cm³/mol. The summed E-state index contributed by atoms with van der Waals surface area (Å²) in [7, 11) is 1.72. The summed E-state index contributed by atoms with van der Waals surface area (Å²) in [6, 6.07) is 9.39. The van der Waals surface area contributed by atoms with Crippen LogP contribution in [0, 0.1) is 6.92 Å². The first-order valence-corrected chi connectivity index (χ1v) is 13.5. The summed E-state index contributed by atoms with van der Waals surface area (Å²) in [5.41, 5.74) is 10.9. The summed E-state index contributed by atoms with van der Waals surface area (Å²) in [6.45, 7) is 5.55. The van der Waals surface area contributed by atoms with Gasteiger partial charge >= 0.3 is 0 Å². The number of ether oxygens (including phenoxy) is 1. The summed E-state index contributed by atoms with van der Waals surface area (Å²) in [5.74, 6) is 1.81. The molecule has 0 radical (unpaired) electrons. The quantitative estimate of drug-likeness (QED) is 0.246. The second-order valence-corrected chi connectivity index (χ2v) is 10.4. The zero-order valence-corrected chi connectivity index (χ0v) is 24.0. The average molecular weight is 633 g/mol. The van der Waals surface area contributed by atoms with Crippen LogP contribution in [0.3, 0.4) is 0 Å². The number of aliphatic hydroxyl groups is 1. The van der Waals surface area contributed by atoms with Crippen LogP contribution in [0.5, 0.6) is 5.75 Å². The number of pyridine rings is 1. The van der Waals surface area contributed by atoms with Crippen molar-refractivity contribution in [2.45, 2.75) is 45.9 Å². The number of aliphatic imine (C=N–C) groups is 1.